The van der Waals surface area contributed by atoms with Crippen LogP contribution in [0.2, 0.25) is 0 Å². The molecule has 0 radical (unpaired) electrons. The lowest BCUT2D eigenvalue weighted by molar-refractivity contribution is -0.115. The molecule has 0 saturated heterocycles. The van der Waals surface area contributed by atoms with Gasteiger partial charge in [-0.1, -0.05) is 11.8 Å². The topological polar surface area (TPSA) is 83.6 Å². The van der Waals surface area contributed by atoms with Crippen LogP contribution < -0.4 is 5.32 Å². The number of aryl methyl sites for hydroxylation is 1. The van der Waals surface area contributed by atoms with Gasteiger partial charge in [-0.25, -0.2) is 0 Å². The number of rotatable bonds is 4. The smallest absolute Gasteiger partial charge is 0.237 e. The third kappa shape index (κ3) is 3.61. The Hall–Kier alpha value is -2.33. The molecular weight excluding hydrogens is 286 g/mol. The van der Waals surface area contributed by atoms with E-state index >= 15 is 0 Å². The van der Waals surface area contributed by atoms with Crippen molar-refractivity contribution in [1.82, 2.24) is 14.8 Å². The minimum atomic E-state index is -0.303. The zero-order chi connectivity index (χ0) is 15.4. The molecule has 1 atom stereocenters. The van der Waals surface area contributed by atoms with Crippen molar-refractivity contribution >= 4 is 23.4 Å². The van der Waals surface area contributed by atoms with Crippen LogP contribution in [0.4, 0.5) is 5.69 Å². The summed E-state index contributed by atoms with van der Waals surface area (Å²) in [5.74, 6) is 0.683. The molecule has 0 spiro atoms. The Kier molecular flexibility index (Phi) is 4.60. The molecule has 0 fully saturated rings. The molecule has 1 aromatic heterocycles. The van der Waals surface area contributed by atoms with E-state index in [1.165, 1.54) is 11.8 Å². The Morgan fingerprint density at radius 3 is 2.57 bits per heavy atom. The molecule has 21 heavy (non-hydrogen) atoms. The summed E-state index contributed by atoms with van der Waals surface area (Å²) in [5, 5.41) is 19.9. The summed E-state index contributed by atoms with van der Waals surface area (Å²) in [4.78, 5) is 12.1. The zero-order valence-electron chi connectivity index (χ0n) is 12.0. The molecule has 1 heterocycles. The number of nitrogens with one attached hydrogen (secondary N) is 1. The molecular formula is C14H15N5OS. The predicted molar refractivity (Wildman–Crippen MR) is 80.8 cm³/mol. The van der Waals surface area contributed by atoms with E-state index in [0.717, 1.165) is 5.82 Å². The van der Waals surface area contributed by atoms with E-state index in [-0.39, 0.29) is 11.2 Å². The highest BCUT2D eigenvalue weighted by Crippen LogP contribution is 2.22. The first-order valence-corrected chi connectivity index (χ1v) is 7.23. The number of carbonyl (C=O) groups is 1. The van der Waals surface area contributed by atoms with E-state index in [2.05, 4.69) is 15.5 Å². The van der Waals surface area contributed by atoms with Crippen LogP contribution >= 0.6 is 11.8 Å². The fourth-order valence-corrected chi connectivity index (χ4v) is 2.43. The average molecular weight is 301 g/mol. The number of hydrogen-bond donors (Lipinski definition) is 1. The van der Waals surface area contributed by atoms with Crippen LogP contribution in [-0.2, 0) is 11.8 Å². The molecule has 0 saturated carbocycles. The summed E-state index contributed by atoms with van der Waals surface area (Å²) in [6, 6.07) is 8.79. The van der Waals surface area contributed by atoms with E-state index in [4.69, 9.17) is 5.26 Å². The summed E-state index contributed by atoms with van der Waals surface area (Å²) >= 11 is 1.35. The number of nitrogens with zero attached hydrogens (tertiary/aromatic N) is 4. The van der Waals surface area contributed by atoms with Crippen LogP contribution in [0, 0.1) is 18.3 Å². The van der Waals surface area contributed by atoms with Crippen molar-refractivity contribution in [2.75, 3.05) is 5.32 Å². The van der Waals surface area contributed by atoms with Gasteiger partial charge in [-0.3, -0.25) is 4.79 Å². The van der Waals surface area contributed by atoms with Crippen LogP contribution in [0.15, 0.2) is 29.4 Å². The summed E-state index contributed by atoms with van der Waals surface area (Å²) in [5.41, 5.74) is 1.23. The monoisotopic (exact) mass is 301 g/mol. The second-order valence-electron chi connectivity index (χ2n) is 4.53. The quantitative estimate of drug-likeness (QED) is 0.874. The molecule has 1 amide bonds. The highest BCUT2D eigenvalue weighted by Gasteiger charge is 2.18. The Labute approximate surface area is 127 Å². The molecule has 1 aromatic carbocycles. The van der Waals surface area contributed by atoms with Crippen molar-refractivity contribution in [2.45, 2.75) is 24.3 Å². The van der Waals surface area contributed by atoms with Crippen LogP contribution in [0.5, 0.6) is 0 Å². The second kappa shape index (κ2) is 6.41. The number of benzene rings is 1. The van der Waals surface area contributed by atoms with Gasteiger partial charge in [-0.05, 0) is 38.1 Å². The Bertz CT molecular complexity index is 686. The van der Waals surface area contributed by atoms with Crippen molar-refractivity contribution in [1.29, 1.82) is 5.26 Å². The summed E-state index contributed by atoms with van der Waals surface area (Å²) in [6.07, 6.45) is 0. The normalized spacial score (nSPS) is 11.7. The highest BCUT2D eigenvalue weighted by atomic mass is 32.2. The van der Waals surface area contributed by atoms with Crippen LogP contribution in [0.3, 0.4) is 0 Å². The third-order valence-electron chi connectivity index (χ3n) is 2.99. The first-order valence-electron chi connectivity index (χ1n) is 6.35. The average Bonchev–Trinajstić information content (AvgIpc) is 2.80. The summed E-state index contributed by atoms with van der Waals surface area (Å²) in [6.45, 7) is 3.67. The molecule has 0 aliphatic rings. The van der Waals surface area contributed by atoms with E-state index in [1.54, 1.807) is 24.3 Å². The van der Waals surface area contributed by atoms with E-state index in [1.807, 2.05) is 31.5 Å². The van der Waals surface area contributed by atoms with Crippen molar-refractivity contribution in [3.05, 3.63) is 35.7 Å². The number of aromatic nitrogens is 3. The van der Waals surface area contributed by atoms with Gasteiger partial charge >= 0.3 is 0 Å². The maximum atomic E-state index is 12.1. The van der Waals surface area contributed by atoms with Gasteiger partial charge in [0.05, 0.1) is 16.9 Å². The lowest BCUT2D eigenvalue weighted by atomic mass is 10.2. The lowest BCUT2D eigenvalue weighted by Gasteiger charge is -2.11. The lowest BCUT2D eigenvalue weighted by Crippen LogP contribution is -2.22. The molecule has 108 valence electrons. The standard InChI is InChI=1S/C14H15N5OS/c1-9(21-14-18-17-10(2)19(14)3)13(20)16-12-6-4-11(8-15)5-7-12/h4-7,9H,1-3H3,(H,16,20). The molecule has 0 bridgehead atoms. The van der Waals surface area contributed by atoms with Gasteiger partial charge in [0.2, 0.25) is 5.91 Å². The second-order valence-corrected chi connectivity index (χ2v) is 5.84. The van der Waals surface area contributed by atoms with Gasteiger partial charge in [0.25, 0.3) is 0 Å². The van der Waals surface area contributed by atoms with Gasteiger partial charge in [-0.15, -0.1) is 10.2 Å². The first kappa shape index (κ1) is 15.1. The summed E-state index contributed by atoms with van der Waals surface area (Å²) in [7, 11) is 1.86. The maximum absolute atomic E-state index is 12.1. The fourth-order valence-electron chi connectivity index (χ4n) is 1.57. The Morgan fingerprint density at radius 2 is 2.05 bits per heavy atom. The van der Waals surface area contributed by atoms with Crippen molar-refractivity contribution in [3.63, 3.8) is 0 Å². The zero-order valence-corrected chi connectivity index (χ0v) is 12.8. The molecule has 6 nitrogen and oxygen atoms in total. The minimum absolute atomic E-state index is 0.120. The molecule has 7 heteroatoms. The molecule has 1 unspecified atom stereocenters. The SMILES string of the molecule is Cc1nnc(SC(C)C(=O)Nc2ccc(C#N)cc2)n1C. The number of hydrogen-bond acceptors (Lipinski definition) is 5. The van der Waals surface area contributed by atoms with Crippen LogP contribution in [-0.4, -0.2) is 25.9 Å². The Balaban J connectivity index is 1.99. The van der Waals surface area contributed by atoms with E-state index in [9.17, 15) is 4.79 Å². The summed E-state index contributed by atoms with van der Waals surface area (Å²) < 4.78 is 1.84. The molecule has 0 aliphatic carbocycles. The predicted octanol–water partition coefficient (Wildman–Crippen LogP) is 2.11. The van der Waals surface area contributed by atoms with Gasteiger partial charge in [-0.2, -0.15) is 5.26 Å². The number of thioether (sulfide) groups is 1. The van der Waals surface area contributed by atoms with Gasteiger partial charge < -0.3 is 9.88 Å². The van der Waals surface area contributed by atoms with Crippen molar-refractivity contribution in [3.8, 4) is 6.07 Å². The third-order valence-corrected chi connectivity index (χ3v) is 4.12. The number of nitriles is 1. The van der Waals surface area contributed by atoms with Gasteiger partial charge in [0.15, 0.2) is 5.16 Å². The van der Waals surface area contributed by atoms with E-state index < -0.39 is 0 Å². The maximum Gasteiger partial charge on any atom is 0.237 e. The highest BCUT2D eigenvalue weighted by molar-refractivity contribution is 8.00. The molecule has 2 rings (SSSR count). The Morgan fingerprint density at radius 1 is 1.38 bits per heavy atom. The largest absolute Gasteiger partial charge is 0.325 e. The van der Waals surface area contributed by atoms with Crippen molar-refractivity contribution in [2.24, 2.45) is 7.05 Å². The number of anilines is 1. The van der Waals surface area contributed by atoms with Gasteiger partial charge in [0.1, 0.15) is 5.82 Å². The minimum Gasteiger partial charge on any atom is -0.325 e. The van der Waals surface area contributed by atoms with Gasteiger partial charge in [0, 0.05) is 12.7 Å². The first-order chi connectivity index (χ1) is 10.0. The van der Waals surface area contributed by atoms with Crippen LogP contribution in [0.25, 0.3) is 0 Å². The molecule has 0 aliphatic heterocycles. The molecule has 1 N–H and O–H groups in total. The fraction of sp³-hybridized carbons (Fsp3) is 0.286. The van der Waals surface area contributed by atoms with Crippen molar-refractivity contribution < 1.29 is 4.79 Å². The number of amides is 1. The number of carbonyl (C=O) groups excluding carboxylic acids is 1. The molecule has 2 aromatic rings. The van der Waals surface area contributed by atoms with E-state index in [0.29, 0.717) is 16.4 Å². The van der Waals surface area contributed by atoms with Crippen LogP contribution in [0.1, 0.15) is 18.3 Å².